The van der Waals surface area contributed by atoms with Gasteiger partial charge in [0, 0.05) is 20.2 Å². The molecule has 0 saturated carbocycles. The summed E-state index contributed by atoms with van der Waals surface area (Å²) in [6, 6.07) is 3.12. The van der Waals surface area contributed by atoms with Crippen LogP contribution in [0.1, 0.15) is 0 Å². The summed E-state index contributed by atoms with van der Waals surface area (Å²) in [6.07, 6.45) is 0. The number of anilines is 1. The number of aromatic nitrogens is 4. The highest BCUT2D eigenvalue weighted by atomic mass is 32.1. The van der Waals surface area contributed by atoms with Crippen LogP contribution < -0.4 is 10.9 Å². The molecule has 0 unspecified atom stereocenters. The van der Waals surface area contributed by atoms with Crippen LogP contribution in [0.15, 0.2) is 16.9 Å². The van der Waals surface area contributed by atoms with Crippen molar-refractivity contribution in [2.24, 2.45) is 0 Å². The van der Waals surface area contributed by atoms with Gasteiger partial charge in [0.05, 0.1) is 13.2 Å². The van der Waals surface area contributed by atoms with Gasteiger partial charge in [-0.2, -0.15) is 5.10 Å². The molecule has 7 nitrogen and oxygen atoms in total. The molecule has 2 heterocycles. The van der Waals surface area contributed by atoms with Crippen LogP contribution in [0.5, 0.6) is 0 Å². The summed E-state index contributed by atoms with van der Waals surface area (Å²) in [4.78, 5) is 11.6. The van der Waals surface area contributed by atoms with Gasteiger partial charge in [0.15, 0.2) is 5.01 Å². The standard InChI is InChI=1S/C10H13N5O2S/c1-11-10-13-12-9(18-10)7-3-4-8(16)15(14-7)5-6-17-2/h3-4H,5-6H2,1-2H3,(H,11,13). The average Bonchev–Trinajstić information content (AvgIpc) is 2.86. The molecule has 0 spiro atoms. The maximum atomic E-state index is 11.6. The van der Waals surface area contributed by atoms with Gasteiger partial charge in [0.25, 0.3) is 5.56 Å². The van der Waals surface area contributed by atoms with E-state index < -0.39 is 0 Å². The summed E-state index contributed by atoms with van der Waals surface area (Å²) in [5.74, 6) is 0. The van der Waals surface area contributed by atoms with Crippen molar-refractivity contribution in [2.45, 2.75) is 6.54 Å². The minimum atomic E-state index is -0.158. The van der Waals surface area contributed by atoms with Crippen molar-refractivity contribution in [1.29, 1.82) is 0 Å². The van der Waals surface area contributed by atoms with Gasteiger partial charge in [0.1, 0.15) is 5.69 Å². The molecule has 18 heavy (non-hydrogen) atoms. The van der Waals surface area contributed by atoms with Crippen molar-refractivity contribution in [3.05, 3.63) is 22.5 Å². The maximum Gasteiger partial charge on any atom is 0.266 e. The molecule has 0 amide bonds. The Balaban J connectivity index is 2.31. The second-order valence-corrected chi connectivity index (χ2v) is 4.41. The largest absolute Gasteiger partial charge is 0.383 e. The minimum Gasteiger partial charge on any atom is -0.383 e. The van der Waals surface area contributed by atoms with E-state index in [2.05, 4.69) is 20.6 Å². The number of methoxy groups -OCH3 is 1. The van der Waals surface area contributed by atoms with E-state index >= 15 is 0 Å². The zero-order valence-corrected chi connectivity index (χ0v) is 10.9. The van der Waals surface area contributed by atoms with Crippen molar-refractivity contribution in [1.82, 2.24) is 20.0 Å². The fourth-order valence-electron chi connectivity index (χ4n) is 1.33. The minimum absolute atomic E-state index is 0.158. The summed E-state index contributed by atoms with van der Waals surface area (Å²) in [5.41, 5.74) is 0.471. The second-order valence-electron chi connectivity index (χ2n) is 3.44. The Labute approximate surface area is 107 Å². The quantitative estimate of drug-likeness (QED) is 0.847. The van der Waals surface area contributed by atoms with Crippen LogP contribution in [-0.4, -0.2) is 40.7 Å². The first-order chi connectivity index (χ1) is 8.74. The van der Waals surface area contributed by atoms with E-state index in [1.165, 1.54) is 22.1 Å². The molecule has 0 aromatic carbocycles. The predicted molar refractivity (Wildman–Crippen MR) is 68.8 cm³/mol. The normalized spacial score (nSPS) is 10.6. The van der Waals surface area contributed by atoms with Gasteiger partial charge in [-0.1, -0.05) is 11.3 Å². The first kappa shape index (κ1) is 12.7. The molecular weight excluding hydrogens is 254 g/mol. The lowest BCUT2D eigenvalue weighted by Crippen LogP contribution is -2.24. The van der Waals surface area contributed by atoms with Gasteiger partial charge in [0.2, 0.25) is 5.13 Å². The van der Waals surface area contributed by atoms with Crippen LogP contribution in [0, 0.1) is 0 Å². The molecule has 96 valence electrons. The number of hydrogen-bond donors (Lipinski definition) is 1. The molecule has 2 rings (SSSR count). The van der Waals surface area contributed by atoms with Gasteiger partial charge in [-0.3, -0.25) is 4.79 Å². The summed E-state index contributed by atoms with van der Waals surface area (Å²) < 4.78 is 6.29. The SMILES string of the molecule is CNc1nnc(-c2ccc(=O)n(CCOC)n2)s1. The Hall–Kier alpha value is -1.80. The van der Waals surface area contributed by atoms with E-state index in [4.69, 9.17) is 4.74 Å². The average molecular weight is 267 g/mol. The molecule has 0 fully saturated rings. The summed E-state index contributed by atoms with van der Waals surface area (Å²) in [7, 11) is 3.36. The summed E-state index contributed by atoms with van der Waals surface area (Å²) >= 11 is 1.38. The lowest BCUT2D eigenvalue weighted by Gasteiger charge is -2.04. The fraction of sp³-hybridized carbons (Fsp3) is 0.400. The topological polar surface area (TPSA) is 81.9 Å². The zero-order chi connectivity index (χ0) is 13.0. The molecule has 0 radical (unpaired) electrons. The van der Waals surface area contributed by atoms with E-state index in [0.717, 1.165) is 0 Å². The predicted octanol–water partition coefficient (Wildman–Crippen LogP) is 0.450. The van der Waals surface area contributed by atoms with E-state index in [0.29, 0.717) is 29.0 Å². The Morgan fingerprint density at radius 2 is 2.28 bits per heavy atom. The molecular formula is C10H13N5O2S. The van der Waals surface area contributed by atoms with Crippen LogP contribution >= 0.6 is 11.3 Å². The summed E-state index contributed by atoms with van der Waals surface area (Å²) in [5, 5.41) is 16.5. The van der Waals surface area contributed by atoms with Gasteiger partial charge < -0.3 is 10.1 Å². The van der Waals surface area contributed by atoms with E-state index in [1.807, 2.05) is 0 Å². The number of ether oxygens (including phenoxy) is 1. The first-order valence-electron chi connectivity index (χ1n) is 5.33. The van der Waals surface area contributed by atoms with Crippen molar-refractivity contribution in [3.63, 3.8) is 0 Å². The lowest BCUT2D eigenvalue weighted by molar-refractivity contribution is 0.182. The fourth-order valence-corrected chi connectivity index (χ4v) is 1.99. The first-order valence-corrected chi connectivity index (χ1v) is 6.15. The smallest absolute Gasteiger partial charge is 0.266 e. The monoisotopic (exact) mass is 267 g/mol. The van der Waals surface area contributed by atoms with Gasteiger partial charge >= 0.3 is 0 Å². The Morgan fingerprint density at radius 1 is 1.44 bits per heavy atom. The van der Waals surface area contributed by atoms with Crippen molar-refractivity contribution in [3.8, 4) is 10.7 Å². The van der Waals surface area contributed by atoms with Crippen LogP contribution in [0.3, 0.4) is 0 Å². The maximum absolute atomic E-state index is 11.6. The van der Waals surface area contributed by atoms with E-state index in [-0.39, 0.29) is 5.56 Å². The third kappa shape index (κ3) is 2.71. The molecule has 2 aromatic rings. The van der Waals surface area contributed by atoms with Crippen LogP contribution in [0.25, 0.3) is 10.7 Å². The molecule has 0 bridgehead atoms. The molecule has 0 saturated heterocycles. The Morgan fingerprint density at radius 3 is 2.94 bits per heavy atom. The molecule has 8 heteroatoms. The van der Waals surface area contributed by atoms with Gasteiger partial charge in [-0.15, -0.1) is 10.2 Å². The lowest BCUT2D eigenvalue weighted by atomic mass is 10.4. The van der Waals surface area contributed by atoms with E-state index in [9.17, 15) is 4.79 Å². The Bertz CT molecular complexity index is 580. The van der Waals surface area contributed by atoms with Crippen LogP contribution in [-0.2, 0) is 11.3 Å². The molecule has 2 aromatic heterocycles. The van der Waals surface area contributed by atoms with Gasteiger partial charge in [-0.05, 0) is 6.07 Å². The molecule has 0 aliphatic carbocycles. The highest BCUT2D eigenvalue weighted by Crippen LogP contribution is 2.23. The van der Waals surface area contributed by atoms with Crippen molar-refractivity contribution in [2.75, 3.05) is 26.1 Å². The highest BCUT2D eigenvalue weighted by molar-refractivity contribution is 7.18. The molecule has 0 aliphatic rings. The van der Waals surface area contributed by atoms with Crippen LogP contribution in [0.4, 0.5) is 5.13 Å². The van der Waals surface area contributed by atoms with Crippen molar-refractivity contribution < 1.29 is 4.74 Å². The third-order valence-corrected chi connectivity index (χ3v) is 3.20. The van der Waals surface area contributed by atoms with Crippen molar-refractivity contribution >= 4 is 16.5 Å². The zero-order valence-electron chi connectivity index (χ0n) is 10.1. The number of rotatable bonds is 5. The number of hydrogen-bond acceptors (Lipinski definition) is 7. The molecule has 0 atom stereocenters. The molecule has 0 aliphatic heterocycles. The summed E-state index contributed by atoms with van der Waals surface area (Å²) in [6.45, 7) is 0.856. The van der Waals surface area contributed by atoms with E-state index in [1.54, 1.807) is 20.2 Å². The third-order valence-electron chi connectivity index (χ3n) is 2.23. The number of nitrogens with zero attached hydrogens (tertiary/aromatic N) is 4. The number of nitrogens with one attached hydrogen (secondary N) is 1. The highest BCUT2D eigenvalue weighted by Gasteiger charge is 2.08. The molecule has 1 N–H and O–H groups in total. The Kier molecular flexibility index (Phi) is 4.00. The van der Waals surface area contributed by atoms with Crippen LogP contribution in [0.2, 0.25) is 0 Å². The van der Waals surface area contributed by atoms with Gasteiger partial charge in [-0.25, -0.2) is 4.68 Å². The second kappa shape index (κ2) is 5.69.